The highest BCUT2D eigenvalue weighted by atomic mass is 35.5. The number of carbonyl (C=O) groups excluding carboxylic acids is 1. The van der Waals surface area contributed by atoms with Gasteiger partial charge in [0.1, 0.15) is 28.9 Å². The quantitative estimate of drug-likeness (QED) is 0.588. The van der Waals surface area contributed by atoms with Gasteiger partial charge in [-0.3, -0.25) is 0 Å². The molecule has 1 amide bonds. The van der Waals surface area contributed by atoms with Crippen LogP contribution in [-0.2, 0) is 4.74 Å². The number of piperazine rings is 1. The number of anilines is 1. The second-order valence-corrected chi connectivity index (χ2v) is 11.2. The second-order valence-electron chi connectivity index (χ2n) is 10.8. The third-order valence-electron chi connectivity index (χ3n) is 6.95. The lowest BCUT2D eigenvalue weighted by molar-refractivity contribution is 0.00832. The fourth-order valence-electron chi connectivity index (χ4n) is 4.62. The first-order valence-electron chi connectivity index (χ1n) is 12.2. The molecule has 1 aliphatic carbocycles. The van der Waals surface area contributed by atoms with Crippen LogP contribution in [0.1, 0.15) is 47.0 Å². The van der Waals surface area contributed by atoms with Crippen LogP contribution in [-0.4, -0.2) is 81.6 Å². The highest BCUT2D eigenvalue weighted by Gasteiger charge is 2.44. The van der Waals surface area contributed by atoms with E-state index in [1.165, 1.54) is 0 Å². The van der Waals surface area contributed by atoms with Crippen LogP contribution in [0.4, 0.5) is 15.0 Å². The molecule has 2 aliphatic heterocycles. The Bertz CT molecular complexity index is 1190. The summed E-state index contributed by atoms with van der Waals surface area (Å²) in [6.45, 7) is 8.66. The predicted octanol–water partition coefficient (Wildman–Crippen LogP) is 3.57. The Morgan fingerprint density at radius 1 is 1.28 bits per heavy atom. The van der Waals surface area contributed by atoms with E-state index in [0.29, 0.717) is 30.7 Å². The van der Waals surface area contributed by atoms with Crippen LogP contribution in [0, 0.1) is 11.2 Å². The number of carbonyl (C=O) groups is 1. The van der Waals surface area contributed by atoms with Gasteiger partial charge in [-0.2, -0.15) is 15.0 Å². The molecular weight excluding hydrogens is 493 g/mol. The molecule has 2 atom stereocenters. The minimum atomic E-state index is -0.784. The first kappa shape index (κ1) is 25.0. The molecule has 1 unspecified atom stereocenters. The van der Waals surface area contributed by atoms with Gasteiger partial charge in [-0.05, 0) is 40.0 Å². The topological polar surface area (TPSA) is 110 Å². The van der Waals surface area contributed by atoms with Gasteiger partial charge in [0.15, 0.2) is 11.0 Å². The third kappa shape index (κ3) is 4.58. The van der Waals surface area contributed by atoms with Gasteiger partial charge in [-0.1, -0.05) is 18.5 Å². The first-order chi connectivity index (χ1) is 17.0. The molecule has 4 heterocycles. The summed E-state index contributed by atoms with van der Waals surface area (Å²) in [7, 11) is 0. The van der Waals surface area contributed by atoms with Crippen molar-refractivity contribution in [3.05, 3.63) is 11.0 Å². The second kappa shape index (κ2) is 9.02. The SMILES string of the molecule is CCC1CN2c3nc(OCC4(CO)CC4)nc4c(F)c(Cl)nc(c34)OC[C@@H]2CN1C(=O)OC(C)(C)C. The molecule has 0 bridgehead atoms. The fourth-order valence-corrected chi connectivity index (χ4v) is 4.78. The molecule has 3 aliphatic rings. The van der Waals surface area contributed by atoms with Crippen LogP contribution < -0.4 is 14.4 Å². The molecule has 196 valence electrons. The largest absolute Gasteiger partial charge is 0.475 e. The number of nitrogens with zero attached hydrogens (tertiary/aromatic N) is 5. The summed E-state index contributed by atoms with van der Waals surface area (Å²) in [5.74, 6) is -0.223. The third-order valence-corrected chi connectivity index (χ3v) is 7.20. The Kier molecular flexibility index (Phi) is 6.27. The fraction of sp³-hybridized carbons (Fsp3) is 0.667. The zero-order chi connectivity index (χ0) is 25.8. The molecular formula is C24H31ClFN5O5. The Labute approximate surface area is 213 Å². The van der Waals surface area contributed by atoms with Crippen molar-refractivity contribution in [3.8, 4) is 11.9 Å². The average molecular weight is 524 g/mol. The molecule has 36 heavy (non-hydrogen) atoms. The Hall–Kier alpha value is -2.66. The van der Waals surface area contributed by atoms with E-state index in [9.17, 15) is 9.90 Å². The number of halogens is 2. The normalized spacial score (nSPS) is 22.5. The van der Waals surface area contributed by atoms with Crippen LogP contribution in [0.5, 0.6) is 11.9 Å². The predicted molar refractivity (Wildman–Crippen MR) is 130 cm³/mol. The lowest BCUT2D eigenvalue weighted by atomic mass is 10.0. The number of fused-ring (bicyclic) bond motifs is 2. The molecule has 0 spiro atoms. The number of aromatic nitrogens is 3. The minimum absolute atomic E-state index is 0.00240. The number of amides is 1. The van der Waals surface area contributed by atoms with E-state index in [4.69, 9.17) is 25.8 Å². The van der Waals surface area contributed by atoms with Gasteiger partial charge in [-0.15, -0.1) is 0 Å². The summed E-state index contributed by atoms with van der Waals surface area (Å²) in [4.78, 5) is 29.8. The van der Waals surface area contributed by atoms with Crippen molar-refractivity contribution in [2.45, 2.75) is 64.6 Å². The van der Waals surface area contributed by atoms with E-state index in [-0.39, 0.29) is 59.9 Å². The molecule has 1 saturated carbocycles. The Balaban J connectivity index is 1.54. The highest BCUT2D eigenvalue weighted by Crippen LogP contribution is 2.46. The average Bonchev–Trinajstić information content (AvgIpc) is 3.63. The molecule has 1 N–H and O–H groups in total. The number of rotatable bonds is 5. The summed E-state index contributed by atoms with van der Waals surface area (Å²) < 4.78 is 32.6. The Morgan fingerprint density at radius 3 is 2.67 bits per heavy atom. The summed E-state index contributed by atoms with van der Waals surface area (Å²) in [6, 6.07) is -0.469. The van der Waals surface area contributed by atoms with Crippen molar-refractivity contribution in [1.29, 1.82) is 0 Å². The zero-order valence-electron chi connectivity index (χ0n) is 20.9. The van der Waals surface area contributed by atoms with Crippen molar-refractivity contribution < 1.29 is 28.5 Å². The minimum Gasteiger partial charge on any atom is -0.475 e. The van der Waals surface area contributed by atoms with Gasteiger partial charge in [0, 0.05) is 18.5 Å². The molecule has 5 rings (SSSR count). The number of aliphatic hydroxyl groups is 1. The van der Waals surface area contributed by atoms with Crippen molar-refractivity contribution in [1.82, 2.24) is 19.9 Å². The monoisotopic (exact) mass is 523 g/mol. The Morgan fingerprint density at radius 2 is 2.03 bits per heavy atom. The molecule has 1 saturated heterocycles. The lowest BCUT2D eigenvalue weighted by Crippen LogP contribution is -2.62. The number of ether oxygens (including phenoxy) is 3. The van der Waals surface area contributed by atoms with E-state index in [1.54, 1.807) is 4.90 Å². The van der Waals surface area contributed by atoms with Crippen LogP contribution in [0.15, 0.2) is 0 Å². The van der Waals surface area contributed by atoms with E-state index in [0.717, 1.165) is 12.8 Å². The van der Waals surface area contributed by atoms with E-state index >= 15 is 4.39 Å². The van der Waals surface area contributed by atoms with Crippen molar-refractivity contribution in [3.63, 3.8) is 0 Å². The molecule has 10 nitrogen and oxygen atoms in total. The van der Waals surface area contributed by atoms with Gasteiger partial charge < -0.3 is 29.1 Å². The summed E-state index contributed by atoms with van der Waals surface area (Å²) in [6.07, 6.45) is 1.98. The van der Waals surface area contributed by atoms with Crippen molar-refractivity contribution >= 4 is 34.4 Å². The molecule has 0 aromatic carbocycles. The van der Waals surface area contributed by atoms with Gasteiger partial charge in [0.05, 0.1) is 25.3 Å². The van der Waals surface area contributed by atoms with Gasteiger partial charge >= 0.3 is 12.1 Å². The van der Waals surface area contributed by atoms with Gasteiger partial charge in [0.25, 0.3) is 0 Å². The van der Waals surface area contributed by atoms with Crippen LogP contribution in [0.3, 0.4) is 0 Å². The number of hydrogen-bond donors (Lipinski definition) is 1. The maximum absolute atomic E-state index is 15.2. The van der Waals surface area contributed by atoms with Gasteiger partial charge in [-0.25, -0.2) is 9.18 Å². The van der Waals surface area contributed by atoms with E-state index < -0.39 is 17.5 Å². The molecule has 2 fully saturated rings. The number of hydrogen-bond acceptors (Lipinski definition) is 9. The highest BCUT2D eigenvalue weighted by molar-refractivity contribution is 6.30. The standard InChI is InChI=1S/C24H31ClFN5O5/c1-5-13-8-30-14(9-31(13)22(33)36-23(2,3)4)10-34-20-15-17(16(26)18(25)28-20)27-21(29-19(15)30)35-12-24(11-32)6-7-24/h13-14,32H,5-12H2,1-4H3/t13?,14-/m0/s1. The van der Waals surface area contributed by atoms with Crippen LogP contribution in [0.2, 0.25) is 5.15 Å². The summed E-state index contributed by atoms with van der Waals surface area (Å²) >= 11 is 6.08. The van der Waals surface area contributed by atoms with Crippen LogP contribution >= 0.6 is 11.6 Å². The first-order valence-corrected chi connectivity index (χ1v) is 12.6. The van der Waals surface area contributed by atoms with Crippen LogP contribution in [0.25, 0.3) is 10.9 Å². The lowest BCUT2D eigenvalue weighted by Gasteiger charge is -2.45. The van der Waals surface area contributed by atoms with E-state index in [2.05, 4.69) is 15.0 Å². The van der Waals surface area contributed by atoms with Crippen molar-refractivity contribution in [2.75, 3.05) is 37.8 Å². The number of pyridine rings is 1. The van der Waals surface area contributed by atoms with E-state index in [1.807, 2.05) is 32.6 Å². The summed E-state index contributed by atoms with van der Waals surface area (Å²) in [5, 5.41) is 9.61. The smallest absolute Gasteiger partial charge is 0.410 e. The molecule has 2 aromatic heterocycles. The molecule has 0 radical (unpaired) electrons. The maximum Gasteiger partial charge on any atom is 0.410 e. The molecule has 12 heteroatoms. The summed E-state index contributed by atoms with van der Waals surface area (Å²) in [5.41, 5.74) is -0.967. The number of aliphatic hydroxyl groups excluding tert-OH is 1. The molecule has 2 aromatic rings. The van der Waals surface area contributed by atoms with Gasteiger partial charge in [0.2, 0.25) is 5.88 Å². The zero-order valence-corrected chi connectivity index (χ0v) is 21.6. The maximum atomic E-state index is 15.2. The van der Waals surface area contributed by atoms with Crippen molar-refractivity contribution in [2.24, 2.45) is 5.41 Å².